The van der Waals surface area contributed by atoms with E-state index < -0.39 is 0 Å². The maximum atomic E-state index is 12.1. The molecule has 0 aliphatic carbocycles. The van der Waals surface area contributed by atoms with Gasteiger partial charge in [-0.3, -0.25) is 4.79 Å². The lowest BCUT2D eigenvalue weighted by Gasteiger charge is -2.22. The third-order valence-corrected chi connectivity index (χ3v) is 4.30. The second-order valence-electron chi connectivity index (χ2n) is 4.42. The van der Waals surface area contributed by atoms with E-state index in [0.29, 0.717) is 17.2 Å². The van der Waals surface area contributed by atoms with E-state index in [1.165, 1.54) is 18.6 Å². The molecule has 1 aromatic heterocycles. The number of nitrogens with zero attached hydrogens (tertiary/aromatic N) is 1. The Kier molecular flexibility index (Phi) is 3.23. The van der Waals surface area contributed by atoms with Crippen molar-refractivity contribution in [1.29, 1.82) is 0 Å². The molecule has 1 aliphatic rings. The van der Waals surface area contributed by atoms with Crippen LogP contribution in [0.15, 0.2) is 29.0 Å². The molecule has 1 aromatic carbocycles. The number of fused-ring (bicyclic) bond motifs is 1. The molecule has 0 spiro atoms. The number of carbonyl (C=O) groups is 1. The number of hydrogen-bond donors (Lipinski definition) is 1. The van der Waals surface area contributed by atoms with Gasteiger partial charge in [0.05, 0.1) is 0 Å². The van der Waals surface area contributed by atoms with Crippen LogP contribution in [0.5, 0.6) is 0 Å². The second kappa shape index (κ2) is 5.02. The van der Waals surface area contributed by atoms with E-state index in [1.807, 2.05) is 11.8 Å². The molecule has 1 aliphatic heterocycles. The van der Waals surface area contributed by atoms with E-state index in [-0.39, 0.29) is 5.91 Å². The minimum Gasteiger partial charge on any atom is -0.443 e. The number of hydrogen-bond acceptors (Lipinski definition) is 4. The van der Waals surface area contributed by atoms with Gasteiger partial charge in [-0.15, -0.1) is 0 Å². The van der Waals surface area contributed by atoms with Gasteiger partial charge >= 0.3 is 0 Å². The molecular weight excluding hydrogens is 248 g/mol. The molecule has 94 valence electrons. The first-order chi connectivity index (χ1) is 8.83. The minimum atomic E-state index is -0.0209. The van der Waals surface area contributed by atoms with Crippen LogP contribution in [0.3, 0.4) is 0 Å². The third-order valence-electron chi connectivity index (χ3n) is 3.09. The summed E-state index contributed by atoms with van der Waals surface area (Å²) in [7, 11) is 0. The summed E-state index contributed by atoms with van der Waals surface area (Å²) < 4.78 is 5.16. The van der Waals surface area contributed by atoms with E-state index >= 15 is 0 Å². The first-order valence-corrected chi connectivity index (χ1v) is 7.20. The highest BCUT2D eigenvalue weighted by Crippen LogP contribution is 2.18. The third kappa shape index (κ3) is 2.36. The van der Waals surface area contributed by atoms with Gasteiger partial charge in [0.2, 0.25) is 0 Å². The van der Waals surface area contributed by atoms with Gasteiger partial charge in [0.1, 0.15) is 5.52 Å². The molecule has 3 rings (SSSR count). The van der Waals surface area contributed by atoms with E-state index in [2.05, 4.69) is 10.3 Å². The van der Waals surface area contributed by atoms with Gasteiger partial charge in [-0.05, 0) is 36.8 Å². The van der Waals surface area contributed by atoms with Crippen LogP contribution < -0.4 is 5.32 Å². The molecule has 1 saturated heterocycles. The van der Waals surface area contributed by atoms with E-state index in [1.54, 1.807) is 18.2 Å². The van der Waals surface area contributed by atoms with Gasteiger partial charge in [0, 0.05) is 17.4 Å². The van der Waals surface area contributed by atoms with Gasteiger partial charge in [0.15, 0.2) is 12.0 Å². The average Bonchev–Trinajstić information content (AvgIpc) is 2.87. The Labute approximate surface area is 109 Å². The first kappa shape index (κ1) is 11.6. The van der Waals surface area contributed by atoms with Crippen LogP contribution in [0.2, 0.25) is 0 Å². The quantitative estimate of drug-likeness (QED) is 0.903. The zero-order valence-electron chi connectivity index (χ0n) is 9.89. The fourth-order valence-electron chi connectivity index (χ4n) is 2.12. The molecule has 0 bridgehead atoms. The molecular formula is C13H14N2O2S. The van der Waals surface area contributed by atoms with E-state index in [4.69, 9.17) is 4.42 Å². The predicted octanol–water partition coefficient (Wildman–Crippen LogP) is 2.45. The van der Waals surface area contributed by atoms with E-state index in [0.717, 1.165) is 17.7 Å². The highest BCUT2D eigenvalue weighted by atomic mass is 32.2. The van der Waals surface area contributed by atoms with Crippen LogP contribution in [0.25, 0.3) is 11.1 Å². The van der Waals surface area contributed by atoms with Crippen LogP contribution in [0.1, 0.15) is 23.2 Å². The summed E-state index contributed by atoms with van der Waals surface area (Å²) in [5.41, 5.74) is 2.08. The first-order valence-electron chi connectivity index (χ1n) is 6.05. The fourth-order valence-corrected chi connectivity index (χ4v) is 3.19. The van der Waals surface area contributed by atoms with Gasteiger partial charge in [-0.1, -0.05) is 0 Å². The van der Waals surface area contributed by atoms with Crippen molar-refractivity contribution in [3.63, 3.8) is 0 Å². The Balaban J connectivity index is 1.74. The standard InChI is InChI=1S/C13H14N2O2S/c16-13(15-10-2-1-5-18-7-10)9-3-4-12-11(6-9)14-8-17-12/h3-4,6,8,10H,1-2,5,7H2,(H,15,16). The zero-order chi connectivity index (χ0) is 12.4. The molecule has 1 N–H and O–H groups in total. The Morgan fingerprint density at radius 1 is 1.50 bits per heavy atom. The van der Waals surface area contributed by atoms with Crippen molar-refractivity contribution in [2.24, 2.45) is 0 Å². The molecule has 1 amide bonds. The average molecular weight is 262 g/mol. The van der Waals surface area contributed by atoms with Crippen molar-refractivity contribution in [2.75, 3.05) is 11.5 Å². The number of carbonyl (C=O) groups excluding carboxylic acids is 1. The van der Waals surface area contributed by atoms with Crippen LogP contribution in [0, 0.1) is 0 Å². The maximum absolute atomic E-state index is 12.1. The van der Waals surface area contributed by atoms with Crippen LogP contribution >= 0.6 is 11.8 Å². The molecule has 2 aromatic rings. The zero-order valence-corrected chi connectivity index (χ0v) is 10.7. The molecule has 5 heteroatoms. The molecule has 0 saturated carbocycles. The number of rotatable bonds is 2. The summed E-state index contributed by atoms with van der Waals surface area (Å²) >= 11 is 1.90. The topological polar surface area (TPSA) is 55.1 Å². The Morgan fingerprint density at radius 2 is 2.44 bits per heavy atom. The van der Waals surface area contributed by atoms with Gasteiger partial charge in [0.25, 0.3) is 5.91 Å². The number of amides is 1. The van der Waals surface area contributed by atoms with E-state index in [9.17, 15) is 4.79 Å². The van der Waals surface area contributed by atoms with Crippen LogP contribution in [-0.4, -0.2) is 28.4 Å². The SMILES string of the molecule is O=C(NC1CCCSC1)c1ccc2ocnc2c1. The van der Waals surface area contributed by atoms with Crippen LogP contribution in [-0.2, 0) is 0 Å². The summed E-state index contributed by atoms with van der Waals surface area (Å²) in [4.78, 5) is 16.2. The van der Waals surface area contributed by atoms with Gasteiger partial charge < -0.3 is 9.73 Å². The highest BCUT2D eigenvalue weighted by molar-refractivity contribution is 7.99. The highest BCUT2D eigenvalue weighted by Gasteiger charge is 2.17. The molecule has 2 heterocycles. The van der Waals surface area contributed by atoms with Crippen molar-refractivity contribution in [1.82, 2.24) is 10.3 Å². The molecule has 1 atom stereocenters. The summed E-state index contributed by atoms with van der Waals surface area (Å²) in [5, 5.41) is 3.07. The number of thioether (sulfide) groups is 1. The normalized spacial score (nSPS) is 19.9. The Hall–Kier alpha value is -1.49. The van der Waals surface area contributed by atoms with Crippen molar-refractivity contribution in [2.45, 2.75) is 18.9 Å². The van der Waals surface area contributed by atoms with Gasteiger partial charge in [-0.2, -0.15) is 11.8 Å². The van der Waals surface area contributed by atoms with Crippen LogP contribution in [0.4, 0.5) is 0 Å². The lowest BCUT2D eigenvalue weighted by atomic mass is 10.1. The summed E-state index contributed by atoms with van der Waals surface area (Å²) in [6, 6.07) is 5.62. The number of nitrogens with one attached hydrogen (secondary N) is 1. The van der Waals surface area contributed by atoms with Crippen molar-refractivity contribution in [3.8, 4) is 0 Å². The maximum Gasteiger partial charge on any atom is 0.251 e. The monoisotopic (exact) mass is 262 g/mol. The number of benzene rings is 1. The molecule has 4 nitrogen and oxygen atoms in total. The Morgan fingerprint density at radius 3 is 3.28 bits per heavy atom. The summed E-state index contributed by atoms with van der Waals surface area (Å²) in [5.74, 6) is 2.20. The molecule has 1 unspecified atom stereocenters. The number of oxazole rings is 1. The van der Waals surface area contributed by atoms with Crippen molar-refractivity contribution in [3.05, 3.63) is 30.2 Å². The Bertz CT molecular complexity index is 561. The largest absolute Gasteiger partial charge is 0.443 e. The second-order valence-corrected chi connectivity index (χ2v) is 5.57. The molecule has 18 heavy (non-hydrogen) atoms. The smallest absolute Gasteiger partial charge is 0.251 e. The van der Waals surface area contributed by atoms with Crippen molar-refractivity contribution >= 4 is 28.8 Å². The summed E-state index contributed by atoms with van der Waals surface area (Å²) in [6.45, 7) is 0. The summed E-state index contributed by atoms with van der Waals surface area (Å²) in [6.07, 6.45) is 3.65. The molecule has 0 radical (unpaired) electrons. The number of aromatic nitrogens is 1. The van der Waals surface area contributed by atoms with Crippen molar-refractivity contribution < 1.29 is 9.21 Å². The lowest BCUT2D eigenvalue weighted by molar-refractivity contribution is 0.0938. The minimum absolute atomic E-state index is 0.0209. The predicted molar refractivity (Wildman–Crippen MR) is 71.8 cm³/mol. The fraction of sp³-hybridized carbons (Fsp3) is 0.385. The van der Waals surface area contributed by atoms with Gasteiger partial charge in [-0.25, -0.2) is 4.98 Å². The molecule has 1 fully saturated rings. The lowest BCUT2D eigenvalue weighted by Crippen LogP contribution is -2.38.